The van der Waals surface area contributed by atoms with Crippen molar-refractivity contribution in [2.24, 2.45) is 5.92 Å². The van der Waals surface area contributed by atoms with E-state index in [9.17, 15) is 13.0 Å². The van der Waals surface area contributed by atoms with Crippen LogP contribution in [0.1, 0.15) is 43.2 Å². The van der Waals surface area contributed by atoms with Crippen molar-refractivity contribution in [2.45, 2.75) is 43.9 Å². The third-order valence-electron chi connectivity index (χ3n) is 3.58. The van der Waals surface area contributed by atoms with E-state index in [1.54, 1.807) is 6.07 Å². The first kappa shape index (κ1) is 12.6. The lowest BCUT2D eigenvalue weighted by Gasteiger charge is -2.14. The van der Waals surface area contributed by atoms with Gasteiger partial charge in [0.15, 0.2) is 0 Å². The number of aryl methyl sites for hydroxylation is 1. The van der Waals surface area contributed by atoms with Gasteiger partial charge in [-0.15, -0.1) is 0 Å². The van der Waals surface area contributed by atoms with Crippen LogP contribution in [0.5, 0.6) is 0 Å². The van der Waals surface area contributed by atoms with Crippen molar-refractivity contribution in [3.63, 3.8) is 0 Å². The van der Waals surface area contributed by atoms with Crippen molar-refractivity contribution in [3.8, 4) is 0 Å². The number of rotatable bonds is 2. The zero-order chi connectivity index (χ0) is 12.6. The summed E-state index contributed by atoms with van der Waals surface area (Å²) in [6.45, 7) is 4.12. The van der Waals surface area contributed by atoms with Gasteiger partial charge in [-0.25, -0.2) is 0 Å². The molecule has 0 spiro atoms. The van der Waals surface area contributed by atoms with Crippen molar-refractivity contribution >= 4 is 10.1 Å². The molecule has 0 heterocycles. The lowest BCUT2D eigenvalue weighted by atomic mass is 9.95. The predicted octanol–water partition coefficient (Wildman–Crippen LogP) is 3.15. The van der Waals surface area contributed by atoms with Crippen molar-refractivity contribution < 1.29 is 13.0 Å². The monoisotopic (exact) mass is 254 g/mol. The molecule has 0 bridgehead atoms. The van der Waals surface area contributed by atoms with Crippen LogP contribution < -0.4 is 0 Å². The molecule has 1 aliphatic carbocycles. The maximum absolute atomic E-state index is 11.4. The average molecular weight is 254 g/mol. The largest absolute Gasteiger partial charge is 0.294 e. The van der Waals surface area contributed by atoms with Gasteiger partial charge >= 0.3 is 0 Å². The summed E-state index contributed by atoms with van der Waals surface area (Å²) < 4.78 is 32.0. The number of benzene rings is 1. The Balaban J connectivity index is 2.48. The lowest BCUT2D eigenvalue weighted by molar-refractivity contribution is 0.480. The smallest absolute Gasteiger partial charge is 0.282 e. The molecular weight excluding hydrogens is 236 g/mol. The molecule has 1 aliphatic rings. The maximum Gasteiger partial charge on any atom is 0.294 e. The van der Waals surface area contributed by atoms with E-state index in [-0.39, 0.29) is 10.8 Å². The van der Waals surface area contributed by atoms with Crippen LogP contribution in [0.25, 0.3) is 0 Å². The fourth-order valence-electron chi connectivity index (χ4n) is 2.71. The van der Waals surface area contributed by atoms with Gasteiger partial charge < -0.3 is 0 Å². The fraction of sp³-hybridized carbons (Fsp3) is 0.538. The average Bonchev–Trinajstić information content (AvgIpc) is 2.62. The SMILES string of the molecule is Cc1ccc(S(=O)(=O)O)c(C2CCC(C)C2)c1. The second-order valence-electron chi connectivity index (χ2n) is 5.13. The zero-order valence-corrected chi connectivity index (χ0v) is 11.0. The molecule has 0 saturated heterocycles. The van der Waals surface area contributed by atoms with E-state index >= 15 is 0 Å². The molecule has 1 aromatic carbocycles. The second-order valence-corrected chi connectivity index (χ2v) is 6.52. The van der Waals surface area contributed by atoms with E-state index in [4.69, 9.17) is 0 Å². The standard InChI is InChI=1S/C13H18O3S/c1-9-3-5-11(7-9)12-8-10(2)4-6-13(12)17(14,15)16/h4,6,8-9,11H,3,5,7H2,1-2H3,(H,14,15,16). The van der Waals surface area contributed by atoms with Crippen molar-refractivity contribution in [1.82, 2.24) is 0 Å². The summed E-state index contributed by atoms with van der Waals surface area (Å²) in [7, 11) is -4.11. The Morgan fingerprint density at radius 3 is 2.53 bits per heavy atom. The van der Waals surface area contributed by atoms with Crippen LogP contribution in [0, 0.1) is 12.8 Å². The molecule has 0 aliphatic heterocycles. The van der Waals surface area contributed by atoms with Crippen LogP contribution in [0.15, 0.2) is 23.1 Å². The molecule has 0 radical (unpaired) electrons. The molecule has 2 atom stereocenters. The highest BCUT2D eigenvalue weighted by atomic mass is 32.2. The zero-order valence-electron chi connectivity index (χ0n) is 10.2. The van der Waals surface area contributed by atoms with E-state index in [1.807, 2.05) is 13.0 Å². The van der Waals surface area contributed by atoms with Crippen LogP contribution in [0.3, 0.4) is 0 Å². The normalized spacial score (nSPS) is 25.1. The molecule has 94 valence electrons. The molecule has 2 rings (SSSR count). The Labute approximate surface area is 103 Å². The molecule has 2 unspecified atom stereocenters. The molecule has 1 saturated carbocycles. The van der Waals surface area contributed by atoms with E-state index in [1.165, 1.54) is 6.07 Å². The van der Waals surface area contributed by atoms with E-state index in [0.717, 1.165) is 30.4 Å². The van der Waals surface area contributed by atoms with Crippen LogP contribution in [0.4, 0.5) is 0 Å². The summed E-state index contributed by atoms with van der Waals surface area (Å²) in [6.07, 6.45) is 3.14. The lowest BCUT2D eigenvalue weighted by Crippen LogP contribution is -2.06. The second kappa shape index (κ2) is 4.42. The summed E-state index contributed by atoms with van der Waals surface area (Å²) in [5.74, 6) is 0.900. The van der Waals surface area contributed by atoms with Crippen LogP contribution >= 0.6 is 0 Å². The summed E-state index contributed by atoms with van der Waals surface area (Å²) >= 11 is 0. The molecular formula is C13H18O3S. The van der Waals surface area contributed by atoms with Gasteiger partial charge in [-0.3, -0.25) is 4.55 Å². The summed E-state index contributed by atoms with van der Waals surface area (Å²) in [5, 5.41) is 0. The van der Waals surface area contributed by atoms with Crippen molar-refractivity contribution in [2.75, 3.05) is 0 Å². The number of hydrogen-bond acceptors (Lipinski definition) is 2. The van der Waals surface area contributed by atoms with Crippen molar-refractivity contribution in [3.05, 3.63) is 29.3 Å². The van der Waals surface area contributed by atoms with Crippen molar-refractivity contribution in [1.29, 1.82) is 0 Å². The van der Waals surface area contributed by atoms with Gasteiger partial charge in [0.2, 0.25) is 0 Å². The topological polar surface area (TPSA) is 54.4 Å². The van der Waals surface area contributed by atoms with Crippen LogP contribution in [0.2, 0.25) is 0 Å². The van der Waals surface area contributed by atoms with Gasteiger partial charge in [-0.1, -0.05) is 31.0 Å². The Morgan fingerprint density at radius 1 is 1.29 bits per heavy atom. The Hall–Kier alpha value is -0.870. The molecule has 1 N–H and O–H groups in total. The minimum atomic E-state index is -4.11. The molecule has 0 amide bonds. The summed E-state index contributed by atoms with van der Waals surface area (Å²) in [6, 6.07) is 5.14. The first-order chi connectivity index (χ1) is 7.88. The molecule has 1 aromatic rings. The van der Waals surface area contributed by atoms with Gasteiger partial charge in [0.25, 0.3) is 10.1 Å². The first-order valence-electron chi connectivity index (χ1n) is 5.96. The van der Waals surface area contributed by atoms with Gasteiger partial charge in [-0.2, -0.15) is 8.42 Å². The third-order valence-corrected chi connectivity index (χ3v) is 4.51. The van der Waals surface area contributed by atoms with E-state index < -0.39 is 10.1 Å². The minimum absolute atomic E-state index is 0.0854. The Morgan fingerprint density at radius 2 is 2.00 bits per heavy atom. The maximum atomic E-state index is 11.4. The Bertz CT molecular complexity index is 519. The molecule has 0 aromatic heterocycles. The van der Waals surface area contributed by atoms with Crippen LogP contribution in [-0.2, 0) is 10.1 Å². The highest BCUT2D eigenvalue weighted by Crippen LogP contribution is 2.40. The Kier molecular flexibility index (Phi) is 3.27. The highest BCUT2D eigenvalue weighted by Gasteiger charge is 2.27. The van der Waals surface area contributed by atoms with Gasteiger partial charge in [0, 0.05) is 0 Å². The quantitative estimate of drug-likeness (QED) is 0.825. The summed E-state index contributed by atoms with van der Waals surface area (Å²) in [4.78, 5) is 0.0854. The molecule has 4 heteroatoms. The highest BCUT2D eigenvalue weighted by molar-refractivity contribution is 7.85. The summed E-state index contributed by atoms with van der Waals surface area (Å²) in [5.41, 5.74) is 1.82. The molecule has 3 nitrogen and oxygen atoms in total. The van der Waals surface area contributed by atoms with Gasteiger partial charge in [-0.05, 0) is 43.2 Å². The van der Waals surface area contributed by atoms with Gasteiger partial charge in [0.05, 0.1) is 4.90 Å². The fourth-order valence-corrected chi connectivity index (χ4v) is 3.47. The third kappa shape index (κ3) is 2.69. The molecule has 17 heavy (non-hydrogen) atoms. The van der Waals surface area contributed by atoms with Crippen LogP contribution in [-0.4, -0.2) is 13.0 Å². The minimum Gasteiger partial charge on any atom is -0.282 e. The number of hydrogen-bond donors (Lipinski definition) is 1. The van der Waals surface area contributed by atoms with E-state index in [0.29, 0.717) is 5.92 Å². The first-order valence-corrected chi connectivity index (χ1v) is 7.40. The molecule has 1 fully saturated rings. The van der Waals surface area contributed by atoms with E-state index in [2.05, 4.69) is 6.92 Å². The van der Waals surface area contributed by atoms with Gasteiger partial charge in [0.1, 0.15) is 0 Å². The predicted molar refractivity (Wildman–Crippen MR) is 66.7 cm³/mol.